The van der Waals surface area contributed by atoms with Crippen molar-refractivity contribution in [1.82, 2.24) is 25.4 Å². The van der Waals surface area contributed by atoms with Crippen molar-refractivity contribution in [2.75, 3.05) is 13.1 Å². The number of nitrogens with zero attached hydrogens (tertiary/aromatic N) is 2. The zero-order valence-corrected chi connectivity index (χ0v) is 14.9. The number of aromatic nitrogens is 3. The molecule has 1 aliphatic rings. The molecular formula is C17H20ClN5O3. The van der Waals surface area contributed by atoms with Gasteiger partial charge in [-0.25, -0.2) is 9.89 Å². The number of carbonyl (C=O) groups is 2. The highest BCUT2D eigenvalue weighted by atomic mass is 35.5. The summed E-state index contributed by atoms with van der Waals surface area (Å²) < 4.78 is 0. The van der Waals surface area contributed by atoms with E-state index in [2.05, 4.69) is 20.5 Å². The van der Waals surface area contributed by atoms with Crippen LogP contribution in [0.3, 0.4) is 0 Å². The van der Waals surface area contributed by atoms with Crippen LogP contribution in [0.1, 0.15) is 24.2 Å². The molecule has 1 aromatic carbocycles. The van der Waals surface area contributed by atoms with E-state index in [1.807, 2.05) is 24.3 Å². The van der Waals surface area contributed by atoms with Crippen molar-refractivity contribution in [2.24, 2.45) is 5.92 Å². The first-order chi connectivity index (χ1) is 12.5. The van der Waals surface area contributed by atoms with Gasteiger partial charge in [0.1, 0.15) is 5.82 Å². The first-order valence-corrected chi connectivity index (χ1v) is 8.82. The fourth-order valence-electron chi connectivity index (χ4n) is 2.96. The molecule has 0 saturated carbocycles. The summed E-state index contributed by atoms with van der Waals surface area (Å²) in [5.74, 6) is 0.0379. The number of H-pyrrole nitrogens is 2. The Morgan fingerprint density at radius 2 is 2.08 bits per heavy atom. The summed E-state index contributed by atoms with van der Waals surface area (Å²) in [5, 5.41) is 9.43. The third-order valence-electron chi connectivity index (χ3n) is 4.43. The summed E-state index contributed by atoms with van der Waals surface area (Å²) in [6.45, 7) is 1.11. The first kappa shape index (κ1) is 18.2. The Balaban J connectivity index is 1.51. The van der Waals surface area contributed by atoms with Gasteiger partial charge in [-0.1, -0.05) is 23.7 Å². The molecule has 3 rings (SSSR count). The number of carbonyl (C=O) groups excluding carboxylic acids is 2. The number of rotatable bonds is 6. The van der Waals surface area contributed by atoms with Crippen LogP contribution in [0, 0.1) is 5.92 Å². The van der Waals surface area contributed by atoms with Crippen LogP contribution < -0.4 is 11.0 Å². The molecule has 2 heterocycles. The van der Waals surface area contributed by atoms with E-state index in [4.69, 9.17) is 11.6 Å². The van der Waals surface area contributed by atoms with Crippen molar-refractivity contribution in [1.29, 1.82) is 0 Å². The van der Waals surface area contributed by atoms with Gasteiger partial charge >= 0.3 is 5.69 Å². The maximum atomic E-state index is 12.3. The second kappa shape index (κ2) is 8.18. The summed E-state index contributed by atoms with van der Waals surface area (Å²) in [7, 11) is 0. The lowest BCUT2D eigenvalue weighted by Crippen LogP contribution is -2.46. The van der Waals surface area contributed by atoms with Crippen molar-refractivity contribution in [3.8, 4) is 0 Å². The van der Waals surface area contributed by atoms with Crippen molar-refractivity contribution in [2.45, 2.75) is 25.8 Å². The van der Waals surface area contributed by atoms with Gasteiger partial charge in [0.15, 0.2) is 0 Å². The van der Waals surface area contributed by atoms with E-state index >= 15 is 0 Å². The van der Waals surface area contributed by atoms with Gasteiger partial charge in [-0.05, 0) is 30.5 Å². The highest BCUT2D eigenvalue weighted by molar-refractivity contribution is 6.30. The second-order valence-corrected chi connectivity index (χ2v) is 6.73. The zero-order valence-electron chi connectivity index (χ0n) is 14.1. The highest BCUT2D eigenvalue weighted by Crippen LogP contribution is 2.19. The third kappa shape index (κ3) is 4.72. The standard InChI is InChI=1S/C17H20ClN5O3/c18-13-4-1-11(2-5-13)7-8-23-10-12(3-6-15(23)24)16(25)19-9-14-20-17(26)22-21-14/h1-2,4-5,12H,3,6-10H2,(H,19,25)(H2,20,21,22,26)/t12-/m0/s1. The molecule has 0 radical (unpaired) electrons. The SMILES string of the molecule is O=C(NCc1n[nH]c(=O)[nH]1)[C@H]1CCC(=O)N(CCc2ccc(Cl)cc2)C1. The number of halogens is 1. The van der Waals surface area contributed by atoms with E-state index in [1.165, 1.54) is 0 Å². The molecule has 2 aromatic rings. The minimum atomic E-state index is -0.411. The molecule has 0 aliphatic carbocycles. The maximum absolute atomic E-state index is 12.3. The molecule has 138 valence electrons. The average Bonchev–Trinajstić information content (AvgIpc) is 3.05. The molecule has 0 spiro atoms. The van der Waals surface area contributed by atoms with E-state index < -0.39 is 5.69 Å². The number of nitrogens with one attached hydrogen (secondary N) is 3. The van der Waals surface area contributed by atoms with Crippen molar-refractivity contribution in [3.05, 3.63) is 51.2 Å². The van der Waals surface area contributed by atoms with Crippen LogP contribution in [-0.4, -0.2) is 45.0 Å². The molecule has 9 heteroatoms. The predicted molar refractivity (Wildman–Crippen MR) is 95.5 cm³/mol. The van der Waals surface area contributed by atoms with Crippen LogP contribution in [0.25, 0.3) is 0 Å². The Hall–Kier alpha value is -2.61. The molecular weight excluding hydrogens is 358 g/mol. The quantitative estimate of drug-likeness (QED) is 0.692. The lowest BCUT2D eigenvalue weighted by atomic mass is 9.96. The fraction of sp³-hybridized carbons (Fsp3) is 0.412. The molecule has 1 aliphatic heterocycles. The summed E-state index contributed by atoms with van der Waals surface area (Å²) in [4.78, 5) is 39.7. The van der Waals surface area contributed by atoms with E-state index in [0.29, 0.717) is 43.2 Å². The van der Waals surface area contributed by atoms with Crippen LogP contribution in [0.4, 0.5) is 0 Å². The Bertz CT molecular complexity index is 829. The molecule has 8 nitrogen and oxygen atoms in total. The topological polar surface area (TPSA) is 111 Å². The van der Waals surface area contributed by atoms with Gasteiger partial charge in [-0.2, -0.15) is 5.10 Å². The van der Waals surface area contributed by atoms with E-state index in [9.17, 15) is 14.4 Å². The first-order valence-electron chi connectivity index (χ1n) is 8.45. The van der Waals surface area contributed by atoms with Crippen LogP contribution >= 0.6 is 11.6 Å². The normalized spacial score (nSPS) is 17.3. The number of hydrogen-bond donors (Lipinski definition) is 3. The predicted octanol–water partition coefficient (Wildman–Crippen LogP) is 0.849. The summed E-state index contributed by atoms with van der Waals surface area (Å²) in [5.41, 5.74) is 0.683. The monoisotopic (exact) mass is 377 g/mol. The third-order valence-corrected chi connectivity index (χ3v) is 4.69. The number of aromatic amines is 2. The molecule has 3 N–H and O–H groups in total. The van der Waals surface area contributed by atoms with Crippen LogP contribution in [0.15, 0.2) is 29.1 Å². The lowest BCUT2D eigenvalue weighted by molar-refractivity contribution is -0.138. The number of piperidine rings is 1. The molecule has 2 amide bonds. The van der Waals surface area contributed by atoms with Crippen molar-refractivity contribution in [3.63, 3.8) is 0 Å². The Morgan fingerprint density at radius 1 is 1.31 bits per heavy atom. The van der Waals surface area contributed by atoms with Gasteiger partial charge in [0.2, 0.25) is 11.8 Å². The van der Waals surface area contributed by atoms with E-state index in [-0.39, 0.29) is 24.3 Å². The van der Waals surface area contributed by atoms with Gasteiger partial charge in [-0.15, -0.1) is 0 Å². The number of likely N-dealkylation sites (tertiary alicyclic amines) is 1. The Labute approximate surface area is 154 Å². The van der Waals surface area contributed by atoms with E-state index in [1.54, 1.807) is 4.90 Å². The lowest BCUT2D eigenvalue weighted by Gasteiger charge is -2.32. The largest absolute Gasteiger partial charge is 0.349 e. The summed E-state index contributed by atoms with van der Waals surface area (Å²) >= 11 is 5.88. The van der Waals surface area contributed by atoms with E-state index in [0.717, 1.165) is 5.56 Å². The summed E-state index contributed by atoms with van der Waals surface area (Å²) in [6.07, 6.45) is 1.60. The van der Waals surface area contributed by atoms with Crippen LogP contribution in [0.5, 0.6) is 0 Å². The van der Waals surface area contributed by atoms with Gasteiger partial charge in [-0.3, -0.25) is 14.6 Å². The Morgan fingerprint density at radius 3 is 2.77 bits per heavy atom. The molecule has 1 saturated heterocycles. The number of hydrogen-bond acceptors (Lipinski definition) is 4. The van der Waals surface area contributed by atoms with Crippen molar-refractivity contribution >= 4 is 23.4 Å². The van der Waals surface area contributed by atoms with Gasteiger partial charge in [0.05, 0.1) is 12.5 Å². The molecule has 1 atom stereocenters. The second-order valence-electron chi connectivity index (χ2n) is 6.29. The number of amides is 2. The number of benzene rings is 1. The average molecular weight is 378 g/mol. The highest BCUT2D eigenvalue weighted by Gasteiger charge is 2.29. The molecule has 1 aromatic heterocycles. The van der Waals surface area contributed by atoms with Crippen molar-refractivity contribution < 1.29 is 9.59 Å². The minimum absolute atomic E-state index is 0.0691. The summed E-state index contributed by atoms with van der Waals surface area (Å²) in [6, 6.07) is 7.52. The Kier molecular flexibility index (Phi) is 5.72. The maximum Gasteiger partial charge on any atom is 0.340 e. The minimum Gasteiger partial charge on any atom is -0.349 e. The molecule has 0 unspecified atom stereocenters. The molecule has 26 heavy (non-hydrogen) atoms. The van der Waals surface area contributed by atoms with Crippen LogP contribution in [0.2, 0.25) is 5.02 Å². The van der Waals surface area contributed by atoms with Gasteiger partial charge < -0.3 is 10.2 Å². The molecule has 0 bridgehead atoms. The van der Waals surface area contributed by atoms with Gasteiger partial charge in [0.25, 0.3) is 0 Å². The molecule has 1 fully saturated rings. The smallest absolute Gasteiger partial charge is 0.340 e. The zero-order chi connectivity index (χ0) is 18.5. The fourth-order valence-corrected chi connectivity index (χ4v) is 3.09. The van der Waals surface area contributed by atoms with Crippen LogP contribution in [-0.2, 0) is 22.6 Å². The van der Waals surface area contributed by atoms with Gasteiger partial charge in [0, 0.05) is 24.5 Å².